The van der Waals surface area contributed by atoms with Crippen LogP contribution in [-0.4, -0.2) is 23.8 Å². The van der Waals surface area contributed by atoms with Gasteiger partial charge in [-0.15, -0.1) is 10.2 Å². The zero-order chi connectivity index (χ0) is 11.7. The molecule has 0 aliphatic rings. The van der Waals surface area contributed by atoms with Crippen LogP contribution in [0.1, 0.15) is 19.8 Å². The third-order valence-corrected chi connectivity index (χ3v) is 1.18. The molecule has 0 heterocycles. The van der Waals surface area contributed by atoms with Crippen molar-refractivity contribution >= 4 is 23.8 Å². The Hall–Kier alpha value is -2.12. The van der Waals surface area contributed by atoms with Crippen LogP contribution < -0.4 is 22.9 Å². The van der Waals surface area contributed by atoms with Crippen LogP contribution in [0.15, 0.2) is 20.4 Å². The van der Waals surface area contributed by atoms with Crippen molar-refractivity contribution in [3.63, 3.8) is 0 Å². The molecule has 84 valence electrons. The molecule has 0 aromatic heterocycles. The van der Waals surface area contributed by atoms with Gasteiger partial charge in [0.2, 0.25) is 11.9 Å². The van der Waals surface area contributed by atoms with E-state index < -0.39 is 0 Å². The minimum atomic E-state index is -0.121. The fraction of sp³-hybridized carbons (Fsp3) is 0.429. The first-order valence-electron chi connectivity index (χ1n) is 4.33. The van der Waals surface area contributed by atoms with Gasteiger partial charge >= 0.3 is 0 Å². The van der Waals surface area contributed by atoms with Gasteiger partial charge in [0, 0.05) is 0 Å². The van der Waals surface area contributed by atoms with Gasteiger partial charge < -0.3 is 22.9 Å². The molecule has 0 spiro atoms. The lowest BCUT2D eigenvalue weighted by molar-refractivity contribution is 0.989. The first kappa shape index (κ1) is 12.9. The second-order valence-corrected chi connectivity index (χ2v) is 2.64. The average Bonchev–Trinajstić information content (AvgIpc) is 2.13. The SMILES string of the molecule is CCCC(/C=N/N=C(N)N)=N/N=C(N)N. The third-order valence-electron chi connectivity index (χ3n) is 1.18. The molecule has 0 aromatic rings. The van der Waals surface area contributed by atoms with Gasteiger partial charge in [-0.3, -0.25) is 0 Å². The molecular weight excluding hydrogens is 196 g/mol. The predicted octanol–water partition coefficient (Wildman–Crippen LogP) is -1.32. The lowest BCUT2D eigenvalue weighted by Gasteiger charge is -1.93. The van der Waals surface area contributed by atoms with Crippen LogP contribution in [0.2, 0.25) is 0 Å². The molecule has 0 aromatic carbocycles. The Morgan fingerprint density at radius 2 is 1.60 bits per heavy atom. The monoisotopic (exact) mass is 212 g/mol. The highest BCUT2D eigenvalue weighted by Gasteiger charge is 1.93. The van der Waals surface area contributed by atoms with Crippen LogP contribution in [0.3, 0.4) is 0 Å². The minimum absolute atomic E-state index is 0.112. The summed E-state index contributed by atoms with van der Waals surface area (Å²) in [6.07, 6.45) is 2.96. The summed E-state index contributed by atoms with van der Waals surface area (Å²) < 4.78 is 0. The minimum Gasteiger partial charge on any atom is -0.369 e. The molecule has 0 aliphatic carbocycles. The summed E-state index contributed by atoms with van der Waals surface area (Å²) in [7, 11) is 0. The van der Waals surface area contributed by atoms with Crippen molar-refractivity contribution in [1.82, 2.24) is 0 Å². The van der Waals surface area contributed by atoms with Gasteiger partial charge in [-0.1, -0.05) is 13.3 Å². The maximum atomic E-state index is 5.12. The number of hydrogen-bond acceptors (Lipinski definition) is 4. The quantitative estimate of drug-likeness (QED) is 0.253. The Labute approximate surface area is 87.8 Å². The molecule has 0 radical (unpaired) electrons. The first-order chi connectivity index (χ1) is 7.06. The van der Waals surface area contributed by atoms with E-state index in [1.54, 1.807) is 0 Å². The van der Waals surface area contributed by atoms with Gasteiger partial charge in [0.15, 0.2) is 0 Å². The summed E-state index contributed by atoms with van der Waals surface area (Å²) in [6.45, 7) is 1.99. The smallest absolute Gasteiger partial charge is 0.211 e. The van der Waals surface area contributed by atoms with Crippen molar-refractivity contribution in [2.45, 2.75) is 19.8 Å². The van der Waals surface area contributed by atoms with E-state index >= 15 is 0 Å². The summed E-state index contributed by atoms with van der Waals surface area (Å²) >= 11 is 0. The molecular formula is C7H16N8. The molecule has 0 aliphatic heterocycles. The van der Waals surface area contributed by atoms with Crippen LogP contribution in [0.25, 0.3) is 0 Å². The standard InChI is InChI=1S/C7H16N8/c1-2-3-5(13-15-7(10)11)4-12-14-6(8)9/h4H,2-3H2,1H3,(H4,8,9,14)(H4,10,11,15)/b12-4+,13-5-. The molecule has 8 heteroatoms. The number of nitrogens with zero attached hydrogens (tertiary/aromatic N) is 4. The van der Waals surface area contributed by atoms with Crippen molar-refractivity contribution in [2.75, 3.05) is 0 Å². The second kappa shape index (κ2) is 7.30. The van der Waals surface area contributed by atoms with Crippen LogP contribution in [0.5, 0.6) is 0 Å². The molecule has 0 rings (SSSR count). The Bertz CT molecular complexity index is 292. The number of rotatable bonds is 5. The molecule has 8 nitrogen and oxygen atoms in total. The van der Waals surface area contributed by atoms with E-state index in [4.69, 9.17) is 22.9 Å². The Morgan fingerprint density at radius 3 is 2.07 bits per heavy atom. The number of nitrogens with two attached hydrogens (primary N) is 4. The highest BCUT2D eigenvalue weighted by atomic mass is 15.3. The van der Waals surface area contributed by atoms with E-state index in [1.165, 1.54) is 6.21 Å². The maximum Gasteiger partial charge on any atom is 0.211 e. The van der Waals surface area contributed by atoms with E-state index in [0.717, 1.165) is 6.42 Å². The highest BCUT2D eigenvalue weighted by molar-refractivity contribution is 6.30. The molecule has 0 unspecified atom stereocenters. The highest BCUT2D eigenvalue weighted by Crippen LogP contribution is 1.91. The van der Waals surface area contributed by atoms with Crippen LogP contribution in [-0.2, 0) is 0 Å². The fourth-order valence-corrected chi connectivity index (χ4v) is 0.681. The summed E-state index contributed by atoms with van der Waals surface area (Å²) in [5, 5.41) is 14.3. The molecule has 0 saturated carbocycles. The van der Waals surface area contributed by atoms with Crippen LogP contribution in [0, 0.1) is 0 Å². The van der Waals surface area contributed by atoms with Gasteiger partial charge in [-0.2, -0.15) is 10.2 Å². The van der Waals surface area contributed by atoms with E-state index in [1.807, 2.05) is 6.92 Å². The van der Waals surface area contributed by atoms with Crippen molar-refractivity contribution in [1.29, 1.82) is 0 Å². The number of guanidine groups is 2. The molecule has 0 amide bonds. The fourth-order valence-electron chi connectivity index (χ4n) is 0.681. The second-order valence-electron chi connectivity index (χ2n) is 2.64. The van der Waals surface area contributed by atoms with Gasteiger partial charge in [-0.05, 0) is 6.42 Å². The Balaban J connectivity index is 4.54. The van der Waals surface area contributed by atoms with Crippen molar-refractivity contribution in [3.05, 3.63) is 0 Å². The maximum absolute atomic E-state index is 5.12. The predicted molar refractivity (Wildman–Crippen MR) is 62.5 cm³/mol. The molecule has 0 saturated heterocycles. The van der Waals surface area contributed by atoms with Crippen molar-refractivity contribution in [2.24, 2.45) is 43.3 Å². The summed E-state index contributed by atoms with van der Waals surface area (Å²) in [5.41, 5.74) is 21.0. The van der Waals surface area contributed by atoms with Crippen molar-refractivity contribution < 1.29 is 0 Å². The van der Waals surface area contributed by atoms with Gasteiger partial charge in [-0.25, -0.2) is 0 Å². The topological polar surface area (TPSA) is 154 Å². The number of hydrogen-bond donors (Lipinski definition) is 4. The van der Waals surface area contributed by atoms with Gasteiger partial charge in [0.05, 0.1) is 11.9 Å². The molecule has 0 fully saturated rings. The largest absolute Gasteiger partial charge is 0.369 e. The summed E-state index contributed by atoms with van der Waals surface area (Å²) in [5.74, 6) is -0.234. The van der Waals surface area contributed by atoms with Crippen molar-refractivity contribution in [3.8, 4) is 0 Å². The average molecular weight is 212 g/mol. The first-order valence-corrected chi connectivity index (χ1v) is 4.33. The third kappa shape index (κ3) is 8.22. The zero-order valence-electron chi connectivity index (χ0n) is 8.59. The summed E-state index contributed by atoms with van der Waals surface area (Å²) in [6, 6.07) is 0. The zero-order valence-corrected chi connectivity index (χ0v) is 8.59. The van der Waals surface area contributed by atoms with Gasteiger partial charge in [0.1, 0.15) is 0 Å². The molecule has 0 atom stereocenters. The molecule has 0 bridgehead atoms. The normalized spacial score (nSPS) is 11.4. The summed E-state index contributed by atoms with van der Waals surface area (Å²) in [4.78, 5) is 0. The lowest BCUT2D eigenvalue weighted by atomic mass is 10.2. The van der Waals surface area contributed by atoms with E-state index in [2.05, 4.69) is 20.4 Å². The molecule has 15 heavy (non-hydrogen) atoms. The van der Waals surface area contributed by atoms with E-state index in [0.29, 0.717) is 12.1 Å². The van der Waals surface area contributed by atoms with Crippen LogP contribution >= 0.6 is 0 Å². The van der Waals surface area contributed by atoms with E-state index in [-0.39, 0.29) is 11.9 Å². The Morgan fingerprint density at radius 1 is 1.00 bits per heavy atom. The van der Waals surface area contributed by atoms with Crippen LogP contribution in [0.4, 0.5) is 0 Å². The van der Waals surface area contributed by atoms with E-state index in [9.17, 15) is 0 Å². The Kier molecular flexibility index (Phi) is 6.27. The molecule has 8 N–H and O–H groups in total. The van der Waals surface area contributed by atoms with Gasteiger partial charge in [0.25, 0.3) is 0 Å². The lowest BCUT2D eigenvalue weighted by Crippen LogP contribution is -2.22.